The fourth-order valence-corrected chi connectivity index (χ4v) is 6.04. The first-order valence-electron chi connectivity index (χ1n) is 9.17. The Morgan fingerprint density at radius 2 is 1.68 bits per heavy atom. The summed E-state index contributed by atoms with van der Waals surface area (Å²) >= 11 is 0. The maximum atomic E-state index is 14.1. The number of hydrogen-bond acceptors (Lipinski definition) is 3. The van der Waals surface area contributed by atoms with Gasteiger partial charge in [0.25, 0.3) is 0 Å². The van der Waals surface area contributed by atoms with Gasteiger partial charge in [-0.05, 0) is 54.3 Å². The first kappa shape index (κ1) is 18.5. The summed E-state index contributed by atoms with van der Waals surface area (Å²) in [5.41, 5.74) is 2.35. The van der Waals surface area contributed by atoms with Crippen molar-refractivity contribution in [1.29, 1.82) is 0 Å². The zero-order chi connectivity index (χ0) is 19.6. The van der Waals surface area contributed by atoms with E-state index in [0.29, 0.717) is 35.7 Å². The van der Waals surface area contributed by atoms with Crippen LogP contribution in [0.2, 0.25) is 0 Å². The summed E-state index contributed by atoms with van der Waals surface area (Å²) in [6.45, 7) is 4.41. The molecule has 4 rings (SSSR count). The molecule has 1 radical (unpaired) electrons. The second-order valence-corrected chi connectivity index (χ2v) is 9.37. The van der Waals surface area contributed by atoms with Crippen LogP contribution >= 0.6 is 0 Å². The van der Waals surface area contributed by atoms with E-state index in [1.54, 1.807) is 42.5 Å². The molecule has 1 unspecified atom stereocenters. The molecule has 0 spiro atoms. The lowest BCUT2D eigenvalue weighted by molar-refractivity contribution is 0.353. The van der Waals surface area contributed by atoms with Crippen LogP contribution in [0, 0.1) is 6.07 Å². The Morgan fingerprint density at radius 3 is 2.39 bits per heavy atom. The van der Waals surface area contributed by atoms with Gasteiger partial charge in [0.15, 0.2) is 9.84 Å². The minimum Gasteiger partial charge on any atom is -0.489 e. The SMILES string of the molecule is C=C1COc2cc[c]cc2C(Cc2ccccc2)(S(=O)(=O)c2ccccc2)C1. The highest BCUT2D eigenvalue weighted by atomic mass is 32.2. The van der Waals surface area contributed by atoms with Crippen molar-refractivity contribution in [3.8, 4) is 5.75 Å². The van der Waals surface area contributed by atoms with E-state index in [-0.39, 0.29) is 0 Å². The van der Waals surface area contributed by atoms with Crippen LogP contribution in [-0.2, 0) is 21.0 Å². The molecule has 0 aliphatic carbocycles. The van der Waals surface area contributed by atoms with Gasteiger partial charge in [-0.2, -0.15) is 0 Å². The Labute approximate surface area is 166 Å². The van der Waals surface area contributed by atoms with Gasteiger partial charge in [-0.25, -0.2) is 8.42 Å². The standard InChI is InChI=1S/C24H21O3S/c1-19-16-24(17-20-10-4-2-5-11-20,22-14-8-9-15-23(22)27-18-19)28(25,26)21-12-6-3-7-13-21/h2-7,9-15H,1,16-18H2. The van der Waals surface area contributed by atoms with Gasteiger partial charge < -0.3 is 4.74 Å². The summed E-state index contributed by atoms with van der Waals surface area (Å²) in [4.78, 5) is 0.301. The predicted molar refractivity (Wildman–Crippen MR) is 110 cm³/mol. The molecule has 0 saturated carbocycles. The quantitative estimate of drug-likeness (QED) is 0.606. The minimum absolute atomic E-state index is 0.296. The summed E-state index contributed by atoms with van der Waals surface area (Å²) in [7, 11) is -3.75. The van der Waals surface area contributed by atoms with Crippen LogP contribution in [0.1, 0.15) is 17.5 Å². The van der Waals surface area contributed by atoms with E-state index >= 15 is 0 Å². The van der Waals surface area contributed by atoms with Gasteiger partial charge in [-0.1, -0.05) is 61.2 Å². The van der Waals surface area contributed by atoms with E-state index in [9.17, 15) is 8.42 Å². The number of hydrogen-bond donors (Lipinski definition) is 0. The predicted octanol–water partition coefficient (Wildman–Crippen LogP) is 4.74. The molecule has 0 fully saturated rings. The number of benzene rings is 3. The molecule has 0 aromatic heterocycles. The normalized spacial score (nSPS) is 19.4. The van der Waals surface area contributed by atoms with Gasteiger partial charge in [-0.15, -0.1) is 0 Å². The summed E-state index contributed by atoms with van der Waals surface area (Å²) in [6.07, 6.45) is 0.627. The lowest BCUT2D eigenvalue weighted by Crippen LogP contribution is -2.38. The van der Waals surface area contributed by atoms with Crippen LogP contribution in [0.4, 0.5) is 0 Å². The van der Waals surface area contributed by atoms with Gasteiger partial charge in [0, 0.05) is 5.56 Å². The van der Waals surface area contributed by atoms with Gasteiger partial charge in [0.2, 0.25) is 0 Å². The monoisotopic (exact) mass is 389 g/mol. The lowest BCUT2D eigenvalue weighted by atomic mass is 9.86. The Morgan fingerprint density at radius 1 is 1.00 bits per heavy atom. The highest BCUT2D eigenvalue weighted by Gasteiger charge is 2.49. The summed E-state index contributed by atoms with van der Waals surface area (Å²) in [5, 5.41) is 0. The van der Waals surface area contributed by atoms with Crippen molar-refractivity contribution in [2.75, 3.05) is 6.61 Å². The van der Waals surface area contributed by atoms with E-state index in [1.807, 2.05) is 36.4 Å². The largest absolute Gasteiger partial charge is 0.489 e. The lowest BCUT2D eigenvalue weighted by Gasteiger charge is -2.34. The van der Waals surface area contributed by atoms with E-state index < -0.39 is 14.6 Å². The smallest absolute Gasteiger partial charge is 0.189 e. The maximum Gasteiger partial charge on any atom is 0.189 e. The highest BCUT2D eigenvalue weighted by molar-refractivity contribution is 7.92. The number of ether oxygens (including phenoxy) is 1. The first-order chi connectivity index (χ1) is 13.5. The Bertz CT molecular complexity index is 1090. The van der Waals surface area contributed by atoms with E-state index in [1.165, 1.54) is 0 Å². The van der Waals surface area contributed by atoms with Crippen LogP contribution in [-0.4, -0.2) is 15.0 Å². The van der Waals surface area contributed by atoms with Gasteiger partial charge in [0.1, 0.15) is 17.1 Å². The Kier molecular flexibility index (Phi) is 4.82. The first-order valence-corrected chi connectivity index (χ1v) is 10.6. The van der Waals surface area contributed by atoms with Gasteiger partial charge >= 0.3 is 0 Å². The van der Waals surface area contributed by atoms with Crippen molar-refractivity contribution in [2.24, 2.45) is 0 Å². The van der Waals surface area contributed by atoms with Crippen molar-refractivity contribution in [1.82, 2.24) is 0 Å². The summed E-state index contributed by atoms with van der Waals surface area (Å²) in [6, 6.07) is 26.7. The average molecular weight is 389 g/mol. The molecule has 4 heteroatoms. The molecule has 1 aliphatic heterocycles. The molecule has 0 bridgehead atoms. The molecule has 3 nitrogen and oxygen atoms in total. The molecule has 1 atom stereocenters. The second kappa shape index (κ2) is 7.28. The molecule has 141 valence electrons. The van der Waals surface area contributed by atoms with Gasteiger partial charge in [-0.3, -0.25) is 0 Å². The van der Waals surface area contributed by atoms with E-state index in [4.69, 9.17) is 4.74 Å². The van der Waals surface area contributed by atoms with Crippen LogP contribution in [0.5, 0.6) is 5.75 Å². The van der Waals surface area contributed by atoms with Crippen LogP contribution in [0.25, 0.3) is 0 Å². The van der Waals surface area contributed by atoms with E-state index in [0.717, 1.165) is 11.1 Å². The maximum absolute atomic E-state index is 14.1. The zero-order valence-corrected chi connectivity index (χ0v) is 16.3. The molecular formula is C24H21O3S. The van der Waals surface area contributed by atoms with Crippen LogP contribution < -0.4 is 4.74 Å². The molecule has 0 N–H and O–H groups in total. The molecular weight excluding hydrogens is 368 g/mol. The van der Waals surface area contributed by atoms with Crippen LogP contribution in [0.15, 0.2) is 95.9 Å². The number of fused-ring (bicyclic) bond motifs is 1. The van der Waals surface area contributed by atoms with E-state index in [2.05, 4.69) is 12.6 Å². The zero-order valence-electron chi connectivity index (χ0n) is 15.5. The van der Waals surface area contributed by atoms with Crippen molar-refractivity contribution >= 4 is 9.84 Å². The van der Waals surface area contributed by atoms with Crippen LogP contribution in [0.3, 0.4) is 0 Å². The Hall–Kier alpha value is -2.85. The Balaban J connectivity index is 2.01. The summed E-state index contributed by atoms with van der Waals surface area (Å²) < 4.78 is 32.8. The molecule has 1 heterocycles. The number of rotatable bonds is 4. The van der Waals surface area contributed by atoms with Crippen molar-refractivity contribution < 1.29 is 13.2 Å². The average Bonchev–Trinajstić information content (AvgIpc) is 2.87. The minimum atomic E-state index is -3.75. The number of sulfone groups is 1. The molecule has 28 heavy (non-hydrogen) atoms. The van der Waals surface area contributed by atoms with Gasteiger partial charge in [0.05, 0.1) is 4.90 Å². The summed E-state index contributed by atoms with van der Waals surface area (Å²) in [5.74, 6) is 0.577. The van der Waals surface area contributed by atoms with Crippen molar-refractivity contribution in [3.63, 3.8) is 0 Å². The molecule has 0 saturated heterocycles. The fourth-order valence-electron chi connectivity index (χ4n) is 3.87. The topological polar surface area (TPSA) is 43.4 Å². The highest BCUT2D eigenvalue weighted by Crippen LogP contribution is 2.48. The third-order valence-corrected chi connectivity index (χ3v) is 7.61. The van der Waals surface area contributed by atoms with Crippen molar-refractivity contribution in [3.05, 3.63) is 108 Å². The molecule has 3 aromatic carbocycles. The second-order valence-electron chi connectivity index (χ2n) is 7.11. The molecule has 1 aliphatic rings. The molecule has 3 aromatic rings. The van der Waals surface area contributed by atoms with Crippen molar-refractivity contribution in [2.45, 2.75) is 22.5 Å². The fraction of sp³-hybridized carbons (Fsp3) is 0.167. The molecule has 0 amide bonds. The third kappa shape index (κ3) is 3.14. The third-order valence-electron chi connectivity index (χ3n) is 5.18.